The normalized spacial score (nSPS) is 12.8. The Morgan fingerprint density at radius 1 is 1.44 bits per heavy atom. The van der Waals surface area contributed by atoms with Gasteiger partial charge in [-0.25, -0.2) is 5.84 Å². The smallest absolute Gasteiger partial charge is 0.345 e. The van der Waals surface area contributed by atoms with Gasteiger partial charge in [-0.1, -0.05) is 13.3 Å². The number of halogens is 3. The van der Waals surface area contributed by atoms with Gasteiger partial charge in [0, 0.05) is 20.1 Å². The first kappa shape index (κ1) is 15.0. The fourth-order valence-electron chi connectivity index (χ4n) is 1.02. The molecular weight excluding hydrogens is 221 g/mol. The molecule has 0 bridgehead atoms. The Hall–Kier alpha value is -0.980. The van der Waals surface area contributed by atoms with Gasteiger partial charge in [-0.05, 0) is 6.42 Å². The number of hydrogen-bond acceptors (Lipinski definition) is 2. The van der Waals surface area contributed by atoms with Crippen LogP contribution in [-0.4, -0.2) is 37.2 Å². The van der Waals surface area contributed by atoms with Crippen LogP contribution in [0.1, 0.15) is 26.2 Å². The van der Waals surface area contributed by atoms with Gasteiger partial charge in [0.15, 0.2) is 0 Å². The van der Waals surface area contributed by atoms with Crippen LogP contribution < -0.4 is 11.3 Å². The maximum Gasteiger partial charge on any atom is 0.390 e. The average molecular weight is 240 g/mol. The van der Waals surface area contributed by atoms with Crippen molar-refractivity contribution in [3.8, 4) is 0 Å². The van der Waals surface area contributed by atoms with Crippen LogP contribution in [0, 0.1) is 0 Å². The molecule has 0 spiro atoms. The van der Waals surface area contributed by atoms with E-state index in [1.807, 2.05) is 6.92 Å². The maximum absolute atomic E-state index is 12.0. The van der Waals surface area contributed by atoms with Gasteiger partial charge >= 0.3 is 6.18 Å². The lowest BCUT2D eigenvalue weighted by Gasteiger charge is -2.21. The van der Waals surface area contributed by atoms with E-state index < -0.39 is 12.6 Å². The first-order valence-electron chi connectivity index (χ1n) is 5.19. The molecule has 0 fully saturated rings. The van der Waals surface area contributed by atoms with E-state index in [2.05, 4.69) is 10.4 Å². The summed E-state index contributed by atoms with van der Waals surface area (Å²) in [6.07, 6.45) is -3.17. The monoisotopic (exact) mass is 240 g/mol. The predicted molar refractivity (Wildman–Crippen MR) is 57.8 cm³/mol. The molecule has 0 aromatic heterocycles. The molecule has 0 aromatic rings. The second-order valence-electron chi connectivity index (χ2n) is 3.49. The van der Waals surface area contributed by atoms with Gasteiger partial charge in [0.2, 0.25) is 5.96 Å². The lowest BCUT2D eigenvalue weighted by Crippen LogP contribution is -2.44. The van der Waals surface area contributed by atoms with Crippen LogP contribution in [0.4, 0.5) is 13.2 Å². The van der Waals surface area contributed by atoms with E-state index in [4.69, 9.17) is 5.84 Å². The number of nitrogens with one attached hydrogen (secondary N) is 1. The summed E-state index contributed by atoms with van der Waals surface area (Å²) < 4.78 is 35.9. The average Bonchev–Trinajstić information content (AvgIpc) is 2.20. The minimum atomic E-state index is -4.16. The van der Waals surface area contributed by atoms with E-state index in [0.717, 1.165) is 12.8 Å². The number of alkyl halides is 3. The van der Waals surface area contributed by atoms with E-state index in [-0.39, 0.29) is 12.5 Å². The number of rotatable bonds is 5. The van der Waals surface area contributed by atoms with E-state index in [1.54, 1.807) is 0 Å². The van der Waals surface area contributed by atoms with E-state index in [9.17, 15) is 13.2 Å². The molecule has 0 saturated carbocycles. The predicted octanol–water partition coefficient (Wildman–Crippen LogP) is 1.49. The molecule has 0 aliphatic heterocycles. The van der Waals surface area contributed by atoms with Crippen LogP contribution >= 0.6 is 0 Å². The zero-order valence-electron chi connectivity index (χ0n) is 9.64. The number of nitrogens with two attached hydrogens (primary N) is 1. The molecular formula is C9H19F3N4. The fourth-order valence-corrected chi connectivity index (χ4v) is 1.02. The van der Waals surface area contributed by atoms with Crippen molar-refractivity contribution in [2.24, 2.45) is 10.8 Å². The van der Waals surface area contributed by atoms with Crippen molar-refractivity contribution in [1.29, 1.82) is 0 Å². The SMILES string of the molecule is CCCCN=C(NN)N(C)CCC(F)(F)F. The molecule has 0 aromatic carbocycles. The molecule has 0 heterocycles. The zero-order chi connectivity index (χ0) is 12.6. The molecule has 0 unspecified atom stereocenters. The second-order valence-corrected chi connectivity index (χ2v) is 3.49. The molecule has 4 nitrogen and oxygen atoms in total. The molecule has 0 aliphatic carbocycles. The first-order chi connectivity index (χ1) is 7.40. The van der Waals surface area contributed by atoms with Crippen molar-refractivity contribution in [2.45, 2.75) is 32.4 Å². The number of hydrazine groups is 1. The summed E-state index contributed by atoms with van der Waals surface area (Å²) >= 11 is 0. The van der Waals surface area contributed by atoms with Crippen molar-refractivity contribution in [1.82, 2.24) is 10.3 Å². The highest BCUT2D eigenvalue weighted by molar-refractivity contribution is 5.79. The number of hydrogen-bond donors (Lipinski definition) is 2. The third-order valence-electron chi connectivity index (χ3n) is 1.99. The first-order valence-corrected chi connectivity index (χ1v) is 5.19. The highest BCUT2D eigenvalue weighted by atomic mass is 19.4. The lowest BCUT2D eigenvalue weighted by molar-refractivity contribution is -0.135. The van der Waals surface area contributed by atoms with E-state index in [0.29, 0.717) is 6.54 Å². The molecule has 0 amide bonds. The van der Waals surface area contributed by atoms with Crippen LogP contribution in [0.25, 0.3) is 0 Å². The molecule has 16 heavy (non-hydrogen) atoms. The van der Waals surface area contributed by atoms with E-state index in [1.165, 1.54) is 11.9 Å². The summed E-state index contributed by atoms with van der Waals surface area (Å²) in [7, 11) is 1.52. The van der Waals surface area contributed by atoms with Crippen LogP contribution in [0.15, 0.2) is 4.99 Å². The Kier molecular flexibility index (Phi) is 6.87. The van der Waals surface area contributed by atoms with Crippen molar-refractivity contribution in [3.63, 3.8) is 0 Å². The van der Waals surface area contributed by atoms with Gasteiger partial charge in [-0.2, -0.15) is 13.2 Å². The number of unbranched alkanes of at least 4 members (excludes halogenated alkanes) is 1. The molecule has 0 atom stereocenters. The fraction of sp³-hybridized carbons (Fsp3) is 0.889. The number of aliphatic imine (C=N–C) groups is 1. The zero-order valence-corrected chi connectivity index (χ0v) is 9.64. The minimum absolute atomic E-state index is 0.154. The Balaban J connectivity index is 4.10. The van der Waals surface area contributed by atoms with Gasteiger partial charge < -0.3 is 4.90 Å². The van der Waals surface area contributed by atoms with Crippen LogP contribution in [0.2, 0.25) is 0 Å². The third-order valence-corrected chi connectivity index (χ3v) is 1.99. The van der Waals surface area contributed by atoms with Gasteiger partial charge in [0.25, 0.3) is 0 Å². The largest absolute Gasteiger partial charge is 0.390 e. The highest BCUT2D eigenvalue weighted by Gasteiger charge is 2.27. The summed E-state index contributed by atoms with van der Waals surface area (Å²) in [4.78, 5) is 5.44. The summed E-state index contributed by atoms with van der Waals surface area (Å²) in [6.45, 7) is 2.42. The molecule has 3 N–H and O–H groups in total. The number of nitrogens with zero attached hydrogens (tertiary/aromatic N) is 2. The Morgan fingerprint density at radius 3 is 2.50 bits per heavy atom. The third kappa shape index (κ3) is 7.33. The molecule has 0 aliphatic rings. The molecule has 0 saturated heterocycles. The Morgan fingerprint density at radius 2 is 2.06 bits per heavy atom. The molecule has 0 radical (unpaired) electrons. The topological polar surface area (TPSA) is 53.6 Å². The van der Waals surface area contributed by atoms with Gasteiger partial charge in [-0.15, -0.1) is 0 Å². The number of guanidine groups is 1. The molecule has 0 rings (SSSR count). The molecule has 96 valence electrons. The van der Waals surface area contributed by atoms with Crippen molar-refractivity contribution in [3.05, 3.63) is 0 Å². The highest BCUT2D eigenvalue weighted by Crippen LogP contribution is 2.19. The maximum atomic E-state index is 12.0. The van der Waals surface area contributed by atoms with Crippen LogP contribution in [0.3, 0.4) is 0 Å². The second kappa shape index (κ2) is 7.32. The quantitative estimate of drug-likeness (QED) is 0.252. The van der Waals surface area contributed by atoms with Crippen molar-refractivity contribution < 1.29 is 13.2 Å². The summed E-state index contributed by atoms with van der Waals surface area (Å²) in [6, 6.07) is 0. The van der Waals surface area contributed by atoms with Crippen LogP contribution in [-0.2, 0) is 0 Å². The van der Waals surface area contributed by atoms with Crippen molar-refractivity contribution in [2.75, 3.05) is 20.1 Å². The van der Waals surface area contributed by atoms with Gasteiger partial charge in [0.05, 0.1) is 6.42 Å². The minimum Gasteiger partial charge on any atom is -0.345 e. The van der Waals surface area contributed by atoms with Crippen molar-refractivity contribution >= 4 is 5.96 Å². The molecule has 7 heteroatoms. The summed E-state index contributed by atoms with van der Waals surface area (Å²) in [5.41, 5.74) is 2.31. The van der Waals surface area contributed by atoms with E-state index >= 15 is 0 Å². The standard InChI is InChI=1S/C9H19F3N4/c1-3-4-6-14-8(15-13)16(2)7-5-9(10,11)12/h3-7,13H2,1-2H3,(H,14,15). The Bertz CT molecular complexity index is 215. The van der Waals surface area contributed by atoms with Gasteiger partial charge in [-0.3, -0.25) is 10.4 Å². The summed E-state index contributed by atoms with van der Waals surface area (Å²) in [5, 5.41) is 0. The summed E-state index contributed by atoms with van der Waals surface area (Å²) in [5.74, 6) is 5.48. The Labute approximate surface area is 93.7 Å². The lowest BCUT2D eigenvalue weighted by atomic mass is 10.3. The van der Waals surface area contributed by atoms with Gasteiger partial charge in [0.1, 0.15) is 0 Å². The van der Waals surface area contributed by atoms with Crippen LogP contribution in [0.5, 0.6) is 0 Å².